The van der Waals surface area contributed by atoms with E-state index in [1.807, 2.05) is 0 Å². The second-order valence-corrected chi connectivity index (χ2v) is 7.67. The van der Waals surface area contributed by atoms with Gasteiger partial charge in [-0.1, -0.05) is 71.0 Å². The molecule has 20 heavy (non-hydrogen) atoms. The van der Waals surface area contributed by atoms with Crippen LogP contribution in [0.1, 0.15) is 57.6 Å². The smallest absolute Gasteiger partial charge is 0.0359 e. The normalized spacial score (nSPS) is 24.6. The minimum absolute atomic E-state index is 0.483. The van der Waals surface area contributed by atoms with Crippen molar-refractivity contribution in [3.05, 3.63) is 32.7 Å². The fourth-order valence-electron chi connectivity index (χ4n) is 3.51. The van der Waals surface area contributed by atoms with Gasteiger partial charge in [0.15, 0.2) is 0 Å². The monoisotopic (exact) mass is 401 g/mol. The lowest BCUT2D eigenvalue weighted by molar-refractivity contribution is 0.210. The Bertz CT molecular complexity index is 433. The van der Waals surface area contributed by atoms with Gasteiger partial charge in [0.25, 0.3) is 0 Å². The number of nitrogens with one attached hydrogen (secondary N) is 1. The van der Waals surface area contributed by atoms with Crippen molar-refractivity contribution in [3.8, 4) is 0 Å². The van der Waals surface area contributed by atoms with Crippen LogP contribution in [0.25, 0.3) is 0 Å². The molecular formula is C17H25Br2N. The average Bonchev–Trinajstić information content (AvgIpc) is 2.45. The van der Waals surface area contributed by atoms with Crippen molar-refractivity contribution in [3.63, 3.8) is 0 Å². The quantitative estimate of drug-likeness (QED) is 0.629. The second-order valence-electron chi connectivity index (χ2n) is 5.90. The largest absolute Gasteiger partial charge is 0.310 e. The van der Waals surface area contributed by atoms with Crippen molar-refractivity contribution in [1.82, 2.24) is 5.32 Å². The number of halogens is 2. The van der Waals surface area contributed by atoms with Crippen LogP contribution in [0.2, 0.25) is 0 Å². The van der Waals surface area contributed by atoms with Gasteiger partial charge in [0.2, 0.25) is 0 Å². The Balaban J connectivity index is 2.21. The van der Waals surface area contributed by atoms with Gasteiger partial charge in [-0.05, 0) is 48.9 Å². The molecule has 1 N–H and O–H groups in total. The second kappa shape index (κ2) is 7.95. The first-order valence-corrected chi connectivity index (χ1v) is 9.42. The molecule has 0 radical (unpaired) electrons. The van der Waals surface area contributed by atoms with E-state index in [2.05, 4.69) is 69.2 Å². The molecule has 3 atom stereocenters. The van der Waals surface area contributed by atoms with Gasteiger partial charge in [-0.15, -0.1) is 0 Å². The molecule has 2 rings (SSSR count). The molecule has 1 aromatic rings. The lowest BCUT2D eigenvalue weighted by Gasteiger charge is -2.35. The molecule has 3 heteroatoms. The van der Waals surface area contributed by atoms with E-state index in [-0.39, 0.29) is 0 Å². The molecule has 0 aliphatic heterocycles. The zero-order valence-electron chi connectivity index (χ0n) is 12.5. The van der Waals surface area contributed by atoms with Crippen LogP contribution in [0, 0.1) is 11.8 Å². The van der Waals surface area contributed by atoms with Crippen LogP contribution < -0.4 is 5.32 Å². The van der Waals surface area contributed by atoms with Crippen molar-refractivity contribution in [2.75, 3.05) is 6.54 Å². The predicted octanol–water partition coefficient (Wildman–Crippen LogP) is 6.08. The summed E-state index contributed by atoms with van der Waals surface area (Å²) in [5.41, 5.74) is 1.41. The van der Waals surface area contributed by atoms with Crippen LogP contribution in [0.3, 0.4) is 0 Å². The van der Waals surface area contributed by atoms with Gasteiger partial charge in [-0.3, -0.25) is 0 Å². The summed E-state index contributed by atoms with van der Waals surface area (Å²) in [5, 5.41) is 3.73. The molecule has 0 spiro atoms. The number of benzene rings is 1. The lowest BCUT2D eigenvalue weighted by atomic mass is 9.75. The Kier molecular flexibility index (Phi) is 6.57. The number of hydrogen-bond acceptors (Lipinski definition) is 1. The minimum atomic E-state index is 0.483. The van der Waals surface area contributed by atoms with Gasteiger partial charge >= 0.3 is 0 Å². The zero-order valence-corrected chi connectivity index (χ0v) is 15.6. The molecule has 1 fully saturated rings. The van der Waals surface area contributed by atoms with Gasteiger partial charge < -0.3 is 5.32 Å². The van der Waals surface area contributed by atoms with E-state index in [1.165, 1.54) is 42.1 Å². The summed E-state index contributed by atoms with van der Waals surface area (Å²) in [7, 11) is 0. The molecule has 0 saturated heterocycles. The van der Waals surface area contributed by atoms with E-state index in [9.17, 15) is 0 Å². The maximum Gasteiger partial charge on any atom is 0.0359 e. The average molecular weight is 403 g/mol. The third-order valence-corrected chi connectivity index (χ3v) is 5.77. The molecular weight excluding hydrogens is 378 g/mol. The fourth-order valence-corrected chi connectivity index (χ4v) is 4.80. The maximum absolute atomic E-state index is 3.75. The van der Waals surface area contributed by atoms with Crippen LogP contribution in [-0.4, -0.2) is 6.54 Å². The Labute approximate surface area is 140 Å². The first kappa shape index (κ1) is 16.5. The molecule has 0 amide bonds. The molecule has 3 unspecified atom stereocenters. The van der Waals surface area contributed by atoms with E-state index >= 15 is 0 Å². The molecule has 0 bridgehead atoms. The van der Waals surface area contributed by atoms with Crippen molar-refractivity contribution in [2.24, 2.45) is 11.8 Å². The van der Waals surface area contributed by atoms with Crippen LogP contribution in [0.15, 0.2) is 27.1 Å². The van der Waals surface area contributed by atoms with Gasteiger partial charge in [0.1, 0.15) is 0 Å². The van der Waals surface area contributed by atoms with E-state index in [0.717, 1.165) is 22.9 Å². The zero-order chi connectivity index (χ0) is 14.5. The molecule has 1 aromatic carbocycles. The van der Waals surface area contributed by atoms with Gasteiger partial charge in [0, 0.05) is 15.0 Å². The molecule has 1 aliphatic rings. The van der Waals surface area contributed by atoms with Gasteiger partial charge in [-0.25, -0.2) is 0 Å². The summed E-state index contributed by atoms with van der Waals surface area (Å²) in [6, 6.07) is 7.07. The van der Waals surface area contributed by atoms with Crippen molar-refractivity contribution in [1.29, 1.82) is 0 Å². The topological polar surface area (TPSA) is 12.0 Å². The van der Waals surface area contributed by atoms with Crippen LogP contribution >= 0.6 is 31.9 Å². The highest BCUT2D eigenvalue weighted by Crippen LogP contribution is 2.40. The summed E-state index contributed by atoms with van der Waals surface area (Å²) in [6.07, 6.45) is 6.87. The number of hydrogen-bond donors (Lipinski definition) is 1. The third-order valence-electron chi connectivity index (χ3n) is 4.59. The van der Waals surface area contributed by atoms with E-state index < -0.39 is 0 Å². The maximum atomic E-state index is 3.75. The predicted molar refractivity (Wildman–Crippen MR) is 94.0 cm³/mol. The summed E-state index contributed by atoms with van der Waals surface area (Å²) in [6.45, 7) is 5.57. The molecule has 0 heterocycles. The van der Waals surface area contributed by atoms with Crippen molar-refractivity contribution < 1.29 is 0 Å². The Hall–Kier alpha value is 0.140. The third kappa shape index (κ3) is 4.08. The van der Waals surface area contributed by atoms with Crippen LogP contribution in [0.5, 0.6) is 0 Å². The number of rotatable bonds is 5. The SMILES string of the molecule is CCNC(c1ccc(Br)cc1Br)C1CCCC(CC)C1. The molecule has 1 aliphatic carbocycles. The lowest BCUT2D eigenvalue weighted by Crippen LogP contribution is -2.31. The van der Waals surface area contributed by atoms with Crippen LogP contribution in [0.4, 0.5) is 0 Å². The van der Waals surface area contributed by atoms with Crippen LogP contribution in [-0.2, 0) is 0 Å². The van der Waals surface area contributed by atoms with E-state index in [4.69, 9.17) is 0 Å². The summed E-state index contributed by atoms with van der Waals surface area (Å²) >= 11 is 7.30. The van der Waals surface area contributed by atoms with Gasteiger partial charge in [0.05, 0.1) is 0 Å². The highest BCUT2D eigenvalue weighted by Gasteiger charge is 2.29. The van der Waals surface area contributed by atoms with E-state index in [0.29, 0.717) is 6.04 Å². The molecule has 1 saturated carbocycles. The summed E-state index contributed by atoms with van der Waals surface area (Å²) < 4.78 is 2.36. The summed E-state index contributed by atoms with van der Waals surface area (Å²) in [4.78, 5) is 0. The molecule has 112 valence electrons. The first-order chi connectivity index (χ1) is 9.65. The Morgan fingerprint density at radius 2 is 2.05 bits per heavy atom. The van der Waals surface area contributed by atoms with Gasteiger partial charge in [-0.2, -0.15) is 0 Å². The first-order valence-electron chi connectivity index (χ1n) is 7.84. The standard InChI is InChI=1S/C17H25Br2N/c1-3-12-6-5-7-13(10-12)17(20-4-2)15-9-8-14(18)11-16(15)19/h8-9,11-13,17,20H,3-7,10H2,1-2H3. The Morgan fingerprint density at radius 3 is 2.70 bits per heavy atom. The van der Waals surface area contributed by atoms with Crippen molar-refractivity contribution >= 4 is 31.9 Å². The minimum Gasteiger partial charge on any atom is -0.310 e. The Morgan fingerprint density at radius 1 is 1.25 bits per heavy atom. The summed E-state index contributed by atoms with van der Waals surface area (Å²) in [5.74, 6) is 1.69. The highest BCUT2D eigenvalue weighted by molar-refractivity contribution is 9.11. The van der Waals surface area contributed by atoms with E-state index in [1.54, 1.807) is 0 Å². The highest BCUT2D eigenvalue weighted by atomic mass is 79.9. The molecule has 0 aromatic heterocycles. The van der Waals surface area contributed by atoms with Crippen molar-refractivity contribution in [2.45, 2.75) is 52.0 Å². The fraction of sp³-hybridized carbons (Fsp3) is 0.647. The molecule has 1 nitrogen and oxygen atoms in total.